The Hall–Kier alpha value is -3.86. The van der Waals surface area contributed by atoms with E-state index in [0.29, 0.717) is 30.3 Å². The number of benzene rings is 3. The van der Waals surface area contributed by atoms with Crippen LogP contribution in [-0.4, -0.2) is 46.5 Å². The Morgan fingerprint density at radius 3 is 2.37 bits per heavy atom. The number of sulfonamides is 1. The van der Waals surface area contributed by atoms with Gasteiger partial charge in [-0.25, -0.2) is 13.4 Å². The molecule has 0 aliphatic heterocycles. The summed E-state index contributed by atoms with van der Waals surface area (Å²) >= 11 is 1.44. The predicted octanol–water partition coefficient (Wildman–Crippen LogP) is 5.05. The first kappa shape index (κ1) is 25.8. The molecule has 8 nitrogen and oxygen atoms in total. The second-order valence-corrected chi connectivity index (χ2v) is 11.6. The smallest absolute Gasteiger partial charge is 0.260 e. The third-order valence-electron chi connectivity index (χ3n) is 6.16. The summed E-state index contributed by atoms with van der Waals surface area (Å²) in [6.45, 7) is 3.27. The zero-order valence-electron chi connectivity index (χ0n) is 20.8. The first-order valence-corrected chi connectivity index (χ1v) is 14.5. The number of rotatable bonds is 10. The van der Waals surface area contributed by atoms with E-state index in [2.05, 4.69) is 10.1 Å². The number of amides is 1. The van der Waals surface area contributed by atoms with Gasteiger partial charge in [0, 0.05) is 37.6 Å². The third kappa shape index (κ3) is 5.52. The van der Waals surface area contributed by atoms with Crippen LogP contribution in [0.25, 0.3) is 10.2 Å². The first-order chi connectivity index (χ1) is 18.5. The van der Waals surface area contributed by atoms with Crippen molar-refractivity contribution in [2.45, 2.75) is 24.9 Å². The molecule has 0 fully saturated rings. The number of nitrogens with zero attached hydrogens (tertiary/aromatic N) is 5. The Labute approximate surface area is 225 Å². The van der Waals surface area contributed by atoms with Gasteiger partial charge in [0.25, 0.3) is 5.91 Å². The summed E-state index contributed by atoms with van der Waals surface area (Å²) in [5, 5.41) is 4.82. The summed E-state index contributed by atoms with van der Waals surface area (Å²) in [5.41, 5.74) is 2.12. The molecule has 0 saturated heterocycles. The maximum atomic E-state index is 13.7. The zero-order chi connectivity index (χ0) is 26.5. The summed E-state index contributed by atoms with van der Waals surface area (Å²) in [7, 11) is -3.73. The Kier molecular flexibility index (Phi) is 7.64. The van der Waals surface area contributed by atoms with E-state index in [0.717, 1.165) is 15.8 Å². The summed E-state index contributed by atoms with van der Waals surface area (Å²) in [4.78, 5) is 20.1. The molecule has 0 N–H and O–H groups in total. The SMILES string of the molecule is CCN(Cc1ccccc1)S(=O)(=O)c1ccc(C(=O)N(CCn2cccn2)c2nc3ccccc3s2)cc1. The first-order valence-electron chi connectivity index (χ1n) is 12.2. The molecule has 5 aromatic rings. The lowest BCUT2D eigenvalue weighted by atomic mass is 10.2. The van der Waals surface area contributed by atoms with Crippen molar-refractivity contribution in [1.82, 2.24) is 19.1 Å². The Bertz CT molecular complexity index is 1580. The van der Waals surface area contributed by atoms with Crippen molar-refractivity contribution in [3.8, 4) is 0 Å². The molecule has 2 aromatic heterocycles. The Morgan fingerprint density at radius 1 is 0.947 bits per heavy atom. The van der Waals surface area contributed by atoms with Crippen LogP contribution in [-0.2, 0) is 23.1 Å². The van der Waals surface area contributed by atoms with Crippen LogP contribution >= 0.6 is 11.3 Å². The fourth-order valence-electron chi connectivity index (χ4n) is 4.12. The fourth-order valence-corrected chi connectivity index (χ4v) is 6.55. The molecule has 0 aliphatic carbocycles. The summed E-state index contributed by atoms with van der Waals surface area (Å²) in [6, 6.07) is 25.2. The lowest BCUT2D eigenvalue weighted by Crippen LogP contribution is -2.34. The highest BCUT2D eigenvalue weighted by atomic mass is 32.2. The van der Waals surface area contributed by atoms with E-state index in [1.807, 2.05) is 73.8 Å². The lowest BCUT2D eigenvalue weighted by molar-refractivity contribution is 0.0985. The van der Waals surface area contributed by atoms with Crippen molar-refractivity contribution >= 4 is 42.6 Å². The highest BCUT2D eigenvalue weighted by Gasteiger charge is 2.25. The van der Waals surface area contributed by atoms with Gasteiger partial charge in [-0.1, -0.05) is 60.7 Å². The average molecular weight is 546 g/mol. The fraction of sp³-hybridized carbons (Fsp3) is 0.179. The van der Waals surface area contributed by atoms with E-state index in [4.69, 9.17) is 0 Å². The highest BCUT2D eigenvalue weighted by Crippen LogP contribution is 2.30. The molecule has 0 bridgehead atoms. The molecule has 5 rings (SSSR count). The molecule has 38 heavy (non-hydrogen) atoms. The Morgan fingerprint density at radius 2 is 1.68 bits per heavy atom. The van der Waals surface area contributed by atoms with Gasteiger partial charge in [0.05, 0.1) is 21.7 Å². The number of hydrogen-bond acceptors (Lipinski definition) is 6. The maximum Gasteiger partial charge on any atom is 0.260 e. The number of anilines is 1. The molecular formula is C28H27N5O3S2. The Balaban J connectivity index is 1.40. The molecule has 10 heteroatoms. The molecule has 0 saturated carbocycles. The van der Waals surface area contributed by atoms with Crippen LogP contribution < -0.4 is 4.90 Å². The van der Waals surface area contributed by atoms with E-state index in [-0.39, 0.29) is 17.3 Å². The lowest BCUT2D eigenvalue weighted by Gasteiger charge is -2.22. The van der Waals surface area contributed by atoms with Crippen LogP contribution in [0.15, 0.2) is 102 Å². The van der Waals surface area contributed by atoms with Gasteiger partial charge in [-0.2, -0.15) is 9.40 Å². The molecule has 0 aliphatic rings. The standard InChI is InChI=1S/C28H27N5O3S2/c1-2-32(21-22-9-4-3-5-10-22)38(35,36)24-15-13-23(14-16-24)27(34)33(20-19-31-18-8-17-29-31)28-30-25-11-6-7-12-26(25)37-28/h3-18H,2,19-21H2,1H3. The molecular weight excluding hydrogens is 518 g/mol. The largest absolute Gasteiger partial charge is 0.282 e. The number of thiazole rings is 1. The van der Waals surface area contributed by atoms with Crippen LogP contribution in [0.3, 0.4) is 0 Å². The molecule has 2 heterocycles. The molecule has 0 unspecified atom stereocenters. The molecule has 3 aromatic carbocycles. The predicted molar refractivity (Wildman–Crippen MR) is 150 cm³/mol. The summed E-state index contributed by atoms with van der Waals surface area (Å²) < 4.78 is 30.9. The third-order valence-corrected chi connectivity index (χ3v) is 9.16. The van der Waals surface area contributed by atoms with Crippen molar-refractivity contribution in [3.63, 3.8) is 0 Å². The maximum absolute atomic E-state index is 13.7. The highest BCUT2D eigenvalue weighted by molar-refractivity contribution is 7.89. The number of carbonyl (C=O) groups is 1. The number of para-hydroxylation sites is 1. The zero-order valence-corrected chi connectivity index (χ0v) is 22.5. The van der Waals surface area contributed by atoms with E-state index < -0.39 is 10.0 Å². The van der Waals surface area contributed by atoms with Gasteiger partial charge in [0.15, 0.2) is 5.13 Å². The van der Waals surface area contributed by atoms with Crippen LogP contribution in [0.4, 0.5) is 5.13 Å². The second kappa shape index (κ2) is 11.3. The van der Waals surface area contributed by atoms with E-state index >= 15 is 0 Å². The van der Waals surface area contributed by atoms with E-state index in [9.17, 15) is 13.2 Å². The number of hydrogen-bond donors (Lipinski definition) is 0. The molecule has 0 radical (unpaired) electrons. The van der Waals surface area contributed by atoms with Gasteiger partial charge in [-0.15, -0.1) is 0 Å². The van der Waals surface area contributed by atoms with Gasteiger partial charge in [-0.05, 0) is 48.0 Å². The number of fused-ring (bicyclic) bond motifs is 1. The van der Waals surface area contributed by atoms with Gasteiger partial charge >= 0.3 is 0 Å². The molecule has 0 atom stereocenters. The molecule has 1 amide bonds. The van der Waals surface area contributed by atoms with E-state index in [1.165, 1.54) is 27.8 Å². The van der Waals surface area contributed by atoms with E-state index in [1.54, 1.807) is 27.9 Å². The van der Waals surface area contributed by atoms with Gasteiger partial charge in [0.2, 0.25) is 10.0 Å². The normalized spacial score (nSPS) is 11.7. The molecule has 194 valence electrons. The van der Waals surface area contributed by atoms with Gasteiger partial charge in [0.1, 0.15) is 0 Å². The van der Waals surface area contributed by atoms with Crippen molar-refractivity contribution in [2.75, 3.05) is 18.0 Å². The van der Waals surface area contributed by atoms with Crippen LogP contribution in [0.1, 0.15) is 22.8 Å². The van der Waals surface area contributed by atoms with Crippen molar-refractivity contribution in [2.24, 2.45) is 0 Å². The minimum atomic E-state index is -3.73. The van der Waals surface area contributed by atoms with Crippen LogP contribution in [0, 0.1) is 0 Å². The van der Waals surface area contributed by atoms with Gasteiger partial charge in [-0.3, -0.25) is 14.4 Å². The second-order valence-electron chi connectivity index (χ2n) is 8.63. The topological polar surface area (TPSA) is 88.4 Å². The average Bonchev–Trinajstić information content (AvgIpc) is 3.62. The van der Waals surface area contributed by atoms with Gasteiger partial charge < -0.3 is 0 Å². The number of carbonyl (C=O) groups excluding carboxylic acids is 1. The minimum absolute atomic E-state index is 0.148. The van der Waals surface area contributed by atoms with Crippen LogP contribution in [0.5, 0.6) is 0 Å². The van der Waals surface area contributed by atoms with Crippen molar-refractivity contribution in [3.05, 3.63) is 108 Å². The molecule has 0 spiro atoms. The summed E-state index contributed by atoms with van der Waals surface area (Å²) in [5.74, 6) is -0.253. The van der Waals surface area contributed by atoms with Crippen molar-refractivity contribution < 1.29 is 13.2 Å². The van der Waals surface area contributed by atoms with Crippen molar-refractivity contribution in [1.29, 1.82) is 0 Å². The minimum Gasteiger partial charge on any atom is -0.282 e. The van der Waals surface area contributed by atoms with Crippen LogP contribution in [0.2, 0.25) is 0 Å². The summed E-state index contributed by atoms with van der Waals surface area (Å²) in [6.07, 6.45) is 3.54. The quantitative estimate of drug-likeness (QED) is 0.245. The monoisotopic (exact) mass is 545 g/mol. The number of aromatic nitrogens is 3.